The van der Waals surface area contributed by atoms with Gasteiger partial charge in [-0.1, -0.05) is 30.3 Å². The number of nitrogens with zero attached hydrogens (tertiary/aromatic N) is 1. The minimum atomic E-state index is -1.14. The molecule has 3 N–H and O–H groups in total. The first-order valence-corrected chi connectivity index (χ1v) is 7.63. The number of carbonyl (C=O) groups is 4. The molecule has 0 bridgehead atoms. The number of benzene rings is 1. The number of carbonyl (C=O) groups excluding carboxylic acids is 4. The molecule has 1 aromatic carbocycles. The number of hydrogen-bond acceptors (Lipinski definition) is 5. The fourth-order valence-corrected chi connectivity index (χ4v) is 2.08. The molecule has 9 heteroatoms. The Morgan fingerprint density at radius 1 is 1.20 bits per heavy atom. The Bertz CT molecular complexity index is 668. The van der Waals surface area contributed by atoms with Crippen molar-refractivity contribution in [3.8, 4) is 0 Å². The van der Waals surface area contributed by atoms with Crippen molar-refractivity contribution >= 4 is 23.9 Å². The van der Waals surface area contributed by atoms with Gasteiger partial charge in [0.25, 0.3) is 11.8 Å². The van der Waals surface area contributed by atoms with Gasteiger partial charge in [0.15, 0.2) is 0 Å². The summed E-state index contributed by atoms with van der Waals surface area (Å²) in [5, 5.41) is 5.31. The second kappa shape index (κ2) is 7.20. The highest BCUT2D eigenvalue weighted by Crippen LogP contribution is 2.15. The number of hydrazine groups is 1. The topological polar surface area (TPSA) is 117 Å². The predicted octanol–water partition coefficient (Wildman–Crippen LogP) is 0.835. The molecule has 0 radical (unpaired) electrons. The summed E-state index contributed by atoms with van der Waals surface area (Å²) in [6.07, 6.45) is -0.797. The second-order valence-corrected chi connectivity index (χ2v) is 6.35. The lowest BCUT2D eigenvalue weighted by atomic mass is 10.1. The Morgan fingerprint density at radius 3 is 2.36 bits per heavy atom. The molecular weight excluding hydrogens is 328 g/mol. The summed E-state index contributed by atoms with van der Waals surface area (Å²) in [4.78, 5) is 47.7. The maximum absolute atomic E-state index is 12.5. The summed E-state index contributed by atoms with van der Waals surface area (Å²) in [6.45, 7) is 4.88. The van der Waals surface area contributed by atoms with Gasteiger partial charge in [0.05, 0.1) is 0 Å². The normalized spacial score (nSPS) is 15.4. The molecule has 1 aromatic rings. The minimum Gasteiger partial charge on any atom is -0.444 e. The van der Waals surface area contributed by atoms with Gasteiger partial charge in [-0.15, -0.1) is 0 Å². The summed E-state index contributed by atoms with van der Waals surface area (Å²) in [5.74, 6) is -1.34. The summed E-state index contributed by atoms with van der Waals surface area (Å²) in [7, 11) is 0. The van der Waals surface area contributed by atoms with Crippen molar-refractivity contribution in [1.29, 1.82) is 0 Å². The van der Waals surface area contributed by atoms with Crippen LogP contribution in [0.1, 0.15) is 32.4 Å². The predicted molar refractivity (Wildman–Crippen MR) is 86.9 cm³/mol. The molecule has 1 aliphatic rings. The van der Waals surface area contributed by atoms with E-state index in [0.717, 1.165) is 0 Å². The van der Waals surface area contributed by atoms with Crippen LogP contribution in [0.2, 0.25) is 0 Å². The van der Waals surface area contributed by atoms with Crippen LogP contribution in [0.4, 0.5) is 9.59 Å². The molecule has 1 heterocycles. The van der Waals surface area contributed by atoms with E-state index in [1.165, 1.54) is 0 Å². The molecule has 9 nitrogen and oxygen atoms in total. The Hall–Kier alpha value is -3.10. The molecular formula is C16H20N4O5. The molecule has 0 aromatic heterocycles. The lowest BCUT2D eigenvalue weighted by molar-refractivity contribution is -0.136. The van der Waals surface area contributed by atoms with Gasteiger partial charge in [0.1, 0.15) is 18.2 Å². The molecule has 0 saturated carbocycles. The Morgan fingerprint density at radius 2 is 1.84 bits per heavy atom. The van der Waals surface area contributed by atoms with Crippen molar-refractivity contribution in [2.24, 2.45) is 0 Å². The van der Waals surface area contributed by atoms with E-state index in [9.17, 15) is 19.2 Å². The van der Waals surface area contributed by atoms with Crippen LogP contribution in [0, 0.1) is 0 Å². The highest BCUT2D eigenvalue weighted by Gasteiger charge is 2.33. The van der Waals surface area contributed by atoms with Crippen molar-refractivity contribution in [3.05, 3.63) is 35.9 Å². The molecule has 0 spiro atoms. The van der Waals surface area contributed by atoms with E-state index in [0.29, 0.717) is 10.6 Å². The minimum absolute atomic E-state index is 0.200. The summed E-state index contributed by atoms with van der Waals surface area (Å²) < 4.78 is 5.16. The fourth-order valence-electron chi connectivity index (χ4n) is 2.08. The standard InChI is InChI=1S/C16H20N4O5/c1-16(2,3)25-15(24)18-12(10-7-5-4-6-8-10)13(22)19-20-11(21)9-17-14(20)23/h4-8,12H,9H2,1-3H3,(H,17,23)(H,18,24)(H,19,22)/t12-/m0/s1. The highest BCUT2D eigenvalue weighted by molar-refractivity contribution is 6.03. The van der Waals surface area contributed by atoms with Gasteiger partial charge in [-0.25, -0.2) is 9.59 Å². The molecule has 0 unspecified atom stereocenters. The maximum Gasteiger partial charge on any atom is 0.408 e. The van der Waals surface area contributed by atoms with Crippen LogP contribution in [0.15, 0.2) is 30.3 Å². The van der Waals surface area contributed by atoms with Crippen LogP contribution < -0.4 is 16.1 Å². The van der Waals surface area contributed by atoms with Gasteiger partial charge in [-0.3, -0.25) is 15.0 Å². The molecule has 25 heavy (non-hydrogen) atoms. The molecule has 5 amide bonds. The van der Waals surface area contributed by atoms with Gasteiger partial charge < -0.3 is 15.4 Å². The van der Waals surface area contributed by atoms with Gasteiger partial charge in [-0.2, -0.15) is 5.01 Å². The second-order valence-electron chi connectivity index (χ2n) is 6.35. The molecule has 1 atom stereocenters. The average Bonchev–Trinajstić information content (AvgIpc) is 2.83. The van der Waals surface area contributed by atoms with E-state index < -0.39 is 35.6 Å². The first kappa shape index (κ1) is 18.2. The van der Waals surface area contributed by atoms with Gasteiger partial charge in [0.2, 0.25) is 0 Å². The Balaban J connectivity index is 2.17. The lowest BCUT2D eigenvalue weighted by Gasteiger charge is -2.24. The number of ether oxygens (including phenoxy) is 1. The van der Waals surface area contributed by atoms with Crippen LogP contribution >= 0.6 is 0 Å². The van der Waals surface area contributed by atoms with E-state index >= 15 is 0 Å². The summed E-state index contributed by atoms with van der Waals surface area (Å²) >= 11 is 0. The van der Waals surface area contributed by atoms with Crippen molar-refractivity contribution in [3.63, 3.8) is 0 Å². The number of rotatable bonds is 4. The van der Waals surface area contributed by atoms with Crippen molar-refractivity contribution < 1.29 is 23.9 Å². The fraction of sp³-hybridized carbons (Fsp3) is 0.375. The maximum atomic E-state index is 12.5. The zero-order chi connectivity index (χ0) is 18.6. The molecule has 1 saturated heterocycles. The largest absolute Gasteiger partial charge is 0.444 e. The molecule has 0 aliphatic carbocycles. The lowest BCUT2D eigenvalue weighted by Crippen LogP contribution is -2.51. The first-order valence-electron chi connectivity index (χ1n) is 7.63. The monoisotopic (exact) mass is 348 g/mol. The van der Waals surface area contributed by atoms with E-state index in [1.54, 1.807) is 51.1 Å². The molecule has 1 aliphatic heterocycles. The average molecular weight is 348 g/mol. The van der Waals surface area contributed by atoms with E-state index in [2.05, 4.69) is 16.1 Å². The number of nitrogens with one attached hydrogen (secondary N) is 3. The summed E-state index contributed by atoms with van der Waals surface area (Å²) in [6, 6.07) is 6.53. The first-order chi connectivity index (χ1) is 11.7. The van der Waals surface area contributed by atoms with Crippen molar-refractivity contribution in [2.45, 2.75) is 32.4 Å². The summed E-state index contributed by atoms with van der Waals surface area (Å²) in [5.41, 5.74) is 1.93. The SMILES string of the molecule is CC(C)(C)OC(=O)N[C@H](C(=O)NN1C(=O)CNC1=O)c1ccccc1. The third kappa shape index (κ3) is 4.93. The van der Waals surface area contributed by atoms with Crippen molar-refractivity contribution in [2.75, 3.05) is 6.54 Å². The number of alkyl carbamates (subject to hydrolysis) is 1. The quantitative estimate of drug-likeness (QED) is 0.697. The van der Waals surface area contributed by atoms with Gasteiger partial charge in [0, 0.05) is 0 Å². The number of imide groups is 1. The van der Waals surface area contributed by atoms with Gasteiger partial charge >= 0.3 is 12.1 Å². The molecule has 134 valence electrons. The highest BCUT2D eigenvalue weighted by atomic mass is 16.6. The zero-order valence-corrected chi connectivity index (χ0v) is 14.2. The van der Waals surface area contributed by atoms with E-state index in [4.69, 9.17) is 4.74 Å². The van der Waals surface area contributed by atoms with Crippen LogP contribution in [0.5, 0.6) is 0 Å². The smallest absolute Gasteiger partial charge is 0.408 e. The van der Waals surface area contributed by atoms with Crippen LogP contribution in [-0.4, -0.2) is 41.1 Å². The van der Waals surface area contributed by atoms with Crippen LogP contribution in [0.25, 0.3) is 0 Å². The molecule has 1 fully saturated rings. The van der Waals surface area contributed by atoms with E-state index in [1.807, 2.05) is 0 Å². The number of hydrogen-bond donors (Lipinski definition) is 3. The third-order valence-corrected chi connectivity index (χ3v) is 3.12. The van der Waals surface area contributed by atoms with E-state index in [-0.39, 0.29) is 6.54 Å². The zero-order valence-electron chi connectivity index (χ0n) is 14.2. The third-order valence-electron chi connectivity index (χ3n) is 3.12. The number of amides is 5. The van der Waals surface area contributed by atoms with Crippen LogP contribution in [0.3, 0.4) is 0 Å². The Kier molecular flexibility index (Phi) is 5.26. The number of urea groups is 1. The van der Waals surface area contributed by atoms with Gasteiger partial charge in [-0.05, 0) is 26.3 Å². The Labute approximate surface area is 144 Å². The molecule has 2 rings (SSSR count). The van der Waals surface area contributed by atoms with Crippen LogP contribution in [-0.2, 0) is 14.3 Å². The van der Waals surface area contributed by atoms with Crippen molar-refractivity contribution in [1.82, 2.24) is 21.1 Å².